The zero-order valence-corrected chi connectivity index (χ0v) is 11.8. The van der Waals surface area contributed by atoms with Gasteiger partial charge in [0.25, 0.3) is 0 Å². The minimum Gasteiger partial charge on any atom is -0.353 e. The lowest BCUT2D eigenvalue weighted by Crippen LogP contribution is -2.41. The molecule has 0 amide bonds. The van der Waals surface area contributed by atoms with Crippen LogP contribution in [0.4, 0.5) is 5.82 Å². The molecule has 1 aliphatic heterocycles. The Morgan fingerprint density at radius 1 is 1.47 bits per heavy atom. The van der Waals surface area contributed by atoms with E-state index < -0.39 is 0 Å². The van der Waals surface area contributed by atoms with E-state index in [2.05, 4.69) is 23.7 Å². The van der Waals surface area contributed by atoms with E-state index in [9.17, 15) is 0 Å². The summed E-state index contributed by atoms with van der Waals surface area (Å²) in [6, 6.07) is 1.92. The van der Waals surface area contributed by atoms with Crippen molar-refractivity contribution in [1.29, 1.82) is 0 Å². The van der Waals surface area contributed by atoms with Crippen LogP contribution < -0.4 is 10.6 Å². The quantitative estimate of drug-likeness (QED) is 0.898. The Bertz CT molecular complexity index is 389. The highest BCUT2D eigenvalue weighted by Gasteiger charge is 2.24. The molecule has 2 heterocycles. The molecule has 2 N–H and O–H groups in total. The SMILES string of the molecule is CC1CN(c2ncc(CN)cc2Cl)CC(C)S1. The van der Waals surface area contributed by atoms with Crippen LogP contribution in [0.15, 0.2) is 12.3 Å². The van der Waals surface area contributed by atoms with E-state index in [1.165, 1.54) is 0 Å². The molecule has 0 spiro atoms. The summed E-state index contributed by atoms with van der Waals surface area (Å²) in [6.45, 7) is 6.98. The number of rotatable bonds is 2. The van der Waals surface area contributed by atoms with Gasteiger partial charge in [0.05, 0.1) is 5.02 Å². The number of hydrogen-bond donors (Lipinski definition) is 1. The van der Waals surface area contributed by atoms with Crippen molar-refractivity contribution >= 4 is 29.2 Å². The molecular weight excluding hydrogens is 254 g/mol. The number of hydrogen-bond acceptors (Lipinski definition) is 4. The van der Waals surface area contributed by atoms with Crippen molar-refractivity contribution in [2.75, 3.05) is 18.0 Å². The molecule has 0 aliphatic carbocycles. The van der Waals surface area contributed by atoms with Crippen LogP contribution in [0, 0.1) is 0 Å². The third-order valence-electron chi connectivity index (χ3n) is 2.83. The highest BCUT2D eigenvalue weighted by molar-refractivity contribution is 8.00. The summed E-state index contributed by atoms with van der Waals surface area (Å²) in [4.78, 5) is 6.72. The first kappa shape index (κ1) is 13.0. The monoisotopic (exact) mass is 271 g/mol. The Morgan fingerprint density at radius 2 is 2.12 bits per heavy atom. The van der Waals surface area contributed by atoms with E-state index >= 15 is 0 Å². The van der Waals surface area contributed by atoms with E-state index in [1.54, 1.807) is 0 Å². The first-order chi connectivity index (χ1) is 8.10. The second kappa shape index (κ2) is 5.46. The number of nitrogens with two attached hydrogens (primary N) is 1. The highest BCUT2D eigenvalue weighted by Crippen LogP contribution is 2.31. The molecule has 3 nitrogen and oxygen atoms in total. The number of anilines is 1. The molecular formula is C12H18ClN3S. The Labute approximate surface area is 112 Å². The zero-order chi connectivity index (χ0) is 12.4. The van der Waals surface area contributed by atoms with Crippen LogP contribution in [-0.2, 0) is 6.54 Å². The number of aromatic nitrogens is 1. The molecule has 2 rings (SSSR count). The lowest BCUT2D eigenvalue weighted by Gasteiger charge is -2.35. The Morgan fingerprint density at radius 3 is 2.65 bits per heavy atom. The minimum atomic E-state index is 0.482. The second-order valence-electron chi connectivity index (χ2n) is 4.52. The summed E-state index contributed by atoms with van der Waals surface area (Å²) >= 11 is 8.29. The van der Waals surface area contributed by atoms with Gasteiger partial charge in [-0.2, -0.15) is 11.8 Å². The second-order valence-corrected chi connectivity index (χ2v) is 6.80. The van der Waals surface area contributed by atoms with Gasteiger partial charge in [-0.3, -0.25) is 0 Å². The molecule has 0 saturated carbocycles. The molecule has 1 aromatic rings. The molecule has 0 radical (unpaired) electrons. The number of thioether (sulfide) groups is 1. The van der Waals surface area contributed by atoms with E-state index in [0.717, 1.165) is 24.5 Å². The predicted molar refractivity (Wildman–Crippen MR) is 75.9 cm³/mol. The summed E-state index contributed by atoms with van der Waals surface area (Å²) in [7, 11) is 0. The average molecular weight is 272 g/mol. The van der Waals surface area contributed by atoms with Crippen molar-refractivity contribution in [3.05, 3.63) is 22.8 Å². The summed E-state index contributed by atoms with van der Waals surface area (Å²) in [5.74, 6) is 0.892. The molecule has 17 heavy (non-hydrogen) atoms. The van der Waals surface area contributed by atoms with Crippen LogP contribution in [0.2, 0.25) is 5.02 Å². The number of halogens is 1. The van der Waals surface area contributed by atoms with E-state index in [4.69, 9.17) is 17.3 Å². The molecule has 94 valence electrons. The van der Waals surface area contributed by atoms with E-state index in [1.807, 2.05) is 24.0 Å². The largest absolute Gasteiger partial charge is 0.353 e. The Balaban J connectivity index is 2.21. The smallest absolute Gasteiger partial charge is 0.147 e. The Kier molecular flexibility index (Phi) is 4.17. The summed E-state index contributed by atoms with van der Waals surface area (Å²) in [6.07, 6.45) is 1.82. The van der Waals surface area contributed by atoms with Gasteiger partial charge in [-0.05, 0) is 11.6 Å². The topological polar surface area (TPSA) is 42.2 Å². The van der Waals surface area contributed by atoms with Gasteiger partial charge in [0, 0.05) is 36.3 Å². The fourth-order valence-corrected chi connectivity index (χ4v) is 3.80. The van der Waals surface area contributed by atoms with Gasteiger partial charge in [0.15, 0.2) is 0 Å². The minimum absolute atomic E-state index is 0.482. The van der Waals surface area contributed by atoms with Gasteiger partial charge in [-0.25, -0.2) is 4.98 Å². The molecule has 1 fully saturated rings. The average Bonchev–Trinajstić information content (AvgIpc) is 2.27. The lowest BCUT2D eigenvalue weighted by atomic mass is 10.2. The maximum absolute atomic E-state index is 6.27. The van der Waals surface area contributed by atoms with Crippen molar-refractivity contribution in [1.82, 2.24) is 4.98 Å². The van der Waals surface area contributed by atoms with Crippen molar-refractivity contribution in [2.45, 2.75) is 30.9 Å². The van der Waals surface area contributed by atoms with Gasteiger partial charge < -0.3 is 10.6 Å². The zero-order valence-electron chi connectivity index (χ0n) is 10.2. The normalized spacial score (nSPS) is 25.1. The molecule has 5 heteroatoms. The molecule has 1 saturated heterocycles. The maximum Gasteiger partial charge on any atom is 0.147 e. The first-order valence-electron chi connectivity index (χ1n) is 5.85. The molecule has 0 aromatic carbocycles. The fraction of sp³-hybridized carbons (Fsp3) is 0.583. The van der Waals surface area contributed by atoms with Gasteiger partial charge >= 0.3 is 0 Å². The van der Waals surface area contributed by atoms with Gasteiger partial charge in [0.2, 0.25) is 0 Å². The van der Waals surface area contributed by atoms with Crippen LogP contribution in [0.5, 0.6) is 0 Å². The number of nitrogens with zero attached hydrogens (tertiary/aromatic N) is 2. The fourth-order valence-electron chi connectivity index (χ4n) is 2.17. The van der Waals surface area contributed by atoms with Crippen molar-refractivity contribution < 1.29 is 0 Å². The summed E-state index contributed by atoms with van der Waals surface area (Å²) < 4.78 is 0. The summed E-state index contributed by atoms with van der Waals surface area (Å²) in [5.41, 5.74) is 6.55. The van der Waals surface area contributed by atoms with E-state index in [0.29, 0.717) is 22.1 Å². The van der Waals surface area contributed by atoms with Crippen LogP contribution >= 0.6 is 23.4 Å². The maximum atomic E-state index is 6.27. The van der Waals surface area contributed by atoms with Crippen LogP contribution in [0.25, 0.3) is 0 Å². The number of pyridine rings is 1. The molecule has 1 aliphatic rings. The molecule has 1 aromatic heterocycles. The molecule has 2 atom stereocenters. The predicted octanol–water partition coefficient (Wildman–Crippen LogP) is 2.52. The molecule has 2 unspecified atom stereocenters. The lowest BCUT2D eigenvalue weighted by molar-refractivity contribution is 0.718. The Hall–Kier alpha value is -0.450. The van der Waals surface area contributed by atoms with Crippen LogP contribution in [0.3, 0.4) is 0 Å². The highest BCUT2D eigenvalue weighted by atomic mass is 35.5. The first-order valence-corrected chi connectivity index (χ1v) is 7.17. The van der Waals surface area contributed by atoms with E-state index in [-0.39, 0.29) is 0 Å². The summed E-state index contributed by atoms with van der Waals surface area (Å²) in [5, 5.41) is 1.94. The van der Waals surface area contributed by atoms with Crippen LogP contribution in [-0.4, -0.2) is 28.6 Å². The van der Waals surface area contributed by atoms with Gasteiger partial charge in [0.1, 0.15) is 5.82 Å². The standard InChI is InChI=1S/C12H18ClN3S/c1-8-6-16(7-9(2)17-8)12-11(13)3-10(4-14)5-15-12/h3,5,8-9H,4,6-7,14H2,1-2H3. The van der Waals surface area contributed by atoms with Crippen LogP contribution in [0.1, 0.15) is 19.4 Å². The third-order valence-corrected chi connectivity index (χ3v) is 4.34. The van der Waals surface area contributed by atoms with Gasteiger partial charge in [-0.15, -0.1) is 0 Å². The van der Waals surface area contributed by atoms with Crippen molar-refractivity contribution in [2.24, 2.45) is 5.73 Å². The van der Waals surface area contributed by atoms with Gasteiger partial charge in [-0.1, -0.05) is 25.4 Å². The third kappa shape index (κ3) is 3.06. The van der Waals surface area contributed by atoms with Crippen molar-refractivity contribution in [3.8, 4) is 0 Å². The molecule has 0 bridgehead atoms. The van der Waals surface area contributed by atoms with Crippen molar-refractivity contribution in [3.63, 3.8) is 0 Å².